The molecule has 0 spiro atoms. The summed E-state index contributed by atoms with van der Waals surface area (Å²) in [5.41, 5.74) is 0. The van der Waals surface area contributed by atoms with E-state index in [9.17, 15) is 0 Å². The Bertz CT molecular complexity index is 274. The van der Waals surface area contributed by atoms with E-state index in [-0.39, 0.29) is 0 Å². The van der Waals surface area contributed by atoms with Gasteiger partial charge >= 0.3 is 0 Å². The first kappa shape index (κ1) is 9.62. The van der Waals surface area contributed by atoms with Crippen molar-refractivity contribution in [3.8, 4) is 0 Å². The van der Waals surface area contributed by atoms with Gasteiger partial charge in [0.15, 0.2) is 0 Å². The highest BCUT2D eigenvalue weighted by atomic mass is 35.5. The van der Waals surface area contributed by atoms with E-state index in [0.717, 1.165) is 5.82 Å². The molecular weight excluding hydrogens is 195 g/mol. The van der Waals surface area contributed by atoms with Gasteiger partial charge in [0.1, 0.15) is 5.82 Å². The number of hydrogen-bond donors (Lipinski definition) is 1. The molecule has 1 heterocycles. The molecule has 0 aromatic carbocycles. The fourth-order valence-corrected chi connectivity index (χ4v) is 1.04. The lowest BCUT2D eigenvalue weighted by Crippen LogP contribution is -2.10. The molecule has 0 aliphatic rings. The standard InChI is InChI=1S/C8H10Cl2N2/c1-5(2)12-8-3-6(9)7(10)4-11-8/h3-5H,1-2H3,(H,11,12). The second-order valence-electron chi connectivity index (χ2n) is 2.78. The summed E-state index contributed by atoms with van der Waals surface area (Å²) in [7, 11) is 0. The van der Waals surface area contributed by atoms with E-state index in [1.54, 1.807) is 6.07 Å². The molecule has 0 saturated heterocycles. The van der Waals surface area contributed by atoms with E-state index in [2.05, 4.69) is 10.3 Å². The van der Waals surface area contributed by atoms with Crippen LogP contribution in [0.5, 0.6) is 0 Å². The van der Waals surface area contributed by atoms with Crippen LogP contribution in [0.15, 0.2) is 12.3 Å². The molecule has 0 aliphatic carbocycles. The van der Waals surface area contributed by atoms with Crippen molar-refractivity contribution >= 4 is 29.0 Å². The van der Waals surface area contributed by atoms with Gasteiger partial charge in [0.05, 0.1) is 10.0 Å². The van der Waals surface area contributed by atoms with E-state index >= 15 is 0 Å². The minimum Gasteiger partial charge on any atom is -0.368 e. The molecule has 12 heavy (non-hydrogen) atoms. The molecule has 2 nitrogen and oxygen atoms in total. The van der Waals surface area contributed by atoms with Crippen LogP contribution in [0, 0.1) is 0 Å². The van der Waals surface area contributed by atoms with Gasteiger partial charge in [0.2, 0.25) is 0 Å². The molecule has 1 aromatic heterocycles. The SMILES string of the molecule is CC(C)Nc1cc(Cl)c(Cl)cn1. The van der Waals surface area contributed by atoms with Crippen molar-refractivity contribution < 1.29 is 0 Å². The Morgan fingerprint density at radius 1 is 1.33 bits per heavy atom. The Kier molecular flexibility index (Phi) is 3.18. The fourth-order valence-electron chi connectivity index (χ4n) is 0.789. The van der Waals surface area contributed by atoms with E-state index in [1.807, 2.05) is 13.8 Å². The Morgan fingerprint density at radius 2 is 2.00 bits per heavy atom. The van der Waals surface area contributed by atoms with Gasteiger partial charge in [0.25, 0.3) is 0 Å². The van der Waals surface area contributed by atoms with Crippen LogP contribution in [0.1, 0.15) is 13.8 Å². The van der Waals surface area contributed by atoms with Crippen molar-refractivity contribution in [3.63, 3.8) is 0 Å². The average molecular weight is 205 g/mol. The van der Waals surface area contributed by atoms with Crippen molar-refractivity contribution in [1.82, 2.24) is 4.98 Å². The third kappa shape index (κ3) is 2.54. The molecule has 0 saturated carbocycles. The molecule has 1 rings (SSSR count). The number of halogens is 2. The van der Waals surface area contributed by atoms with Gasteiger partial charge in [-0.1, -0.05) is 23.2 Å². The minimum absolute atomic E-state index is 0.342. The van der Waals surface area contributed by atoms with E-state index in [4.69, 9.17) is 23.2 Å². The van der Waals surface area contributed by atoms with Crippen LogP contribution in [-0.4, -0.2) is 11.0 Å². The van der Waals surface area contributed by atoms with Gasteiger partial charge < -0.3 is 5.32 Å². The summed E-state index contributed by atoms with van der Waals surface area (Å²) in [4.78, 5) is 4.05. The maximum absolute atomic E-state index is 5.79. The highest BCUT2D eigenvalue weighted by Crippen LogP contribution is 2.22. The summed E-state index contributed by atoms with van der Waals surface area (Å²) in [6, 6.07) is 2.05. The molecule has 0 amide bonds. The monoisotopic (exact) mass is 204 g/mol. The third-order valence-electron chi connectivity index (χ3n) is 1.25. The summed E-state index contributed by atoms with van der Waals surface area (Å²) in [5.74, 6) is 0.749. The third-order valence-corrected chi connectivity index (χ3v) is 1.96. The summed E-state index contributed by atoms with van der Waals surface area (Å²) < 4.78 is 0. The van der Waals surface area contributed by atoms with E-state index in [1.165, 1.54) is 6.20 Å². The number of rotatable bonds is 2. The minimum atomic E-state index is 0.342. The topological polar surface area (TPSA) is 24.9 Å². The van der Waals surface area contributed by atoms with Gasteiger partial charge in [-0.2, -0.15) is 0 Å². The van der Waals surface area contributed by atoms with Crippen LogP contribution in [0.2, 0.25) is 10.0 Å². The number of anilines is 1. The smallest absolute Gasteiger partial charge is 0.127 e. The first-order chi connectivity index (χ1) is 5.59. The second-order valence-corrected chi connectivity index (χ2v) is 3.60. The maximum Gasteiger partial charge on any atom is 0.127 e. The van der Waals surface area contributed by atoms with E-state index < -0.39 is 0 Å². The first-order valence-corrected chi connectivity index (χ1v) is 4.43. The number of nitrogens with zero attached hydrogens (tertiary/aromatic N) is 1. The Morgan fingerprint density at radius 3 is 2.50 bits per heavy atom. The lowest BCUT2D eigenvalue weighted by atomic mass is 10.4. The molecule has 1 N–H and O–H groups in total. The number of aromatic nitrogens is 1. The van der Waals surface area contributed by atoms with Gasteiger partial charge in [-0.3, -0.25) is 0 Å². The summed E-state index contributed by atoms with van der Waals surface area (Å²) in [6.45, 7) is 4.06. The molecule has 0 fully saturated rings. The van der Waals surface area contributed by atoms with Crippen LogP contribution in [-0.2, 0) is 0 Å². The molecule has 0 radical (unpaired) electrons. The van der Waals surface area contributed by atoms with Crippen LogP contribution >= 0.6 is 23.2 Å². The Balaban J connectivity index is 2.82. The van der Waals surface area contributed by atoms with E-state index in [0.29, 0.717) is 16.1 Å². The summed E-state index contributed by atoms with van der Waals surface area (Å²) in [6.07, 6.45) is 1.54. The lowest BCUT2D eigenvalue weighted by molar-refractivity contribution is 0.889. The average Bonchev–Trinajstić information content (AvgIpc) is 1.96. The van der Waals surface area contributed by atoms with Crippen molar-refractivity contribution in [2.75, 3.05) is 5.32 Å². The van der Waals surface area contributed by atoms with Gasteiger partial charge in [-0.25, -0.2) is 4.98 Å². The molecule has 0 bridgehead atoms. The number of pyridine rings is 1. The first-order valence-electron chi connectivity index (χ1n) is 3.67. The van der Waals surface area contributed by atoms with Crippen molar-refractivity contribution in [2.45, 2.75) is 19.9 Å². The van der Waals surface area contributed by atoms with Crippen molar-refractivity contribution in [2.24, 2.45) is 0 Å². The van der Waals surface area contributed by atoms with Gasteiger partial charge in [-0.15, -0.1) is 0 Å². The highest BCUT2D eigenvalue weighted by Gasteiger charge is 2.00. The zero-order valence-corrected chi connectivity index (χ0v) is 8.45. The molecule has 1 aromatic rings. The maximum atomic E-state index is 5.79. The summed E-state index contributed by atoms with van der Waals surface area (Å²) in [5, 5.41) is 4.12. The zero-order valence-electron chi connectivity index (χ0n) is 6.94. The summed E-state index contributed by atoms with van der Waals surface area (Å²) >= 11 is 11.5. The lowest BCUT2D eigenvalue weighted by Gasteiger charge is -2.08. The Hall–Kier alpha value is -0.470. The number of nitrogens with one attached hydrogen (secondary N) is 1. The Labute approximate surface area is 81.9 Å². The normalized spacial score (nSPS) is 10.4. The molecule has 0 unspecified atom stereocenters. The number of hydrogen-bond acceptors (Lipinski definition) is 2. The molecule has 0 aliphatic heterocycles. The van der Waals surface area contributed by atoms with Gasteiger partial charge in [-0.05, 0) is 13.8 Å². The second kappa shape index (κ2) is 3.97. The largest absolute Gasteiger partial charge is 0.368 e. The van der Waals surface area contributed by atoms with Gasteiger partial charge in [0, 0.05) is 18.3 Å². The molecule has 66 valence electrons. The van der Waals surface area contributed by atoms with Crippen LogP contribution in [0.25, 0.3) is 0 Å². The fraction of sp³-hybridized carbons (Fsp3) is 0.375. The van der Waals surface area contributed by atoms with Crippen LogP contribution < -0.4 is 5.32 Å². The molecule has 0 atom stereocenters. The predicted octanol–water partition coefficient (Wildman–Crippen LogP) is 3.21. The molecular formula is C8H10Cl2N2. The predicted molar refractivity (Wildman–Crippen MR) is 53.0 cm³/mol. The van der Waals surface area contributed by atoms with Crippen LogP contribution in [0.3, 0.4) is 0 Å². The zero-order chi connectivity index (χ0) is 9.14. The molecule has 4 heteroatoms. The van der Waals surface area contributed by atoms with Crippen LogP contribution in [0.4, 0.5) is 5.82 Å². The van der Waals surface area contributed by atoms with Crippen molar-refractivity contribution in [3.05, 3.63) is 22.3 Å². The highest BCUT2D eigenvalue weighted by molar-refractivity contribution is 6.42. The quantitative estimate of drug-likeness (QED) is 0.801. The van der Waals surface area contributed by atoms with Crippen molar-refractivity contribution in [1.29, 1.82) is 0 Å².